The summed E-state index contributed by atoms with van der Waals surface area (Å²) in [7, 11) is 1.64. The fraction of sp³-hybridized carbons (Fsp3) is 0.385. The lowest BCUT2D eigenvalue weighted by atomic mass is 9.98. The smallest absolute Gasteiger partial charge is 0.235 e. The Morgan fingerprint density at radius 1 is 1.03 bits per heavy atom. The summed E-state index contributed by atoms with van der Waals surface area (Å²) in [5.41, 5.74) is 4.94. The van der Waals surface area contributed by atoms with Crippen molar-refractivity contribution in [1.82, 2.24) is 10.1 Å². The van der Waals surface area contributed by atoms with E-state index in [0.29, 0.717) is 5.76 Å². The van der Waals surface area contributed by atoms with E-state index < -0.39 is 5.41 Å². The second kappa shape index (κ2) is 8.01. The van der Waals surface area contributed by atoms with Gasteiger partial charge in [0.1, 0.15) is 5.75 Å². The van der Waals surface area contributed by atoms with E-state index >= 15 is 0 Å². The first-order chi connectivity index (χ1) is 15.5. The molecule has 5 rings (SSSR count). The number of nitrogens with zero attached hydrogens (tertiary/aromatic N) is 3. The van der Waals surface area contributed by atoms with Crippen LogP contribution in [0.1, 0.15) is 29.7 Å². The summed E-state index contributed by atoms with van der Waals surface area (Å²) in [4.78, 5) is 17.9. The van der Waals surface area contributed by atoms with Gasteiger partial charge >= 0.3 is 0 Å². The Morgan fingerprint density at radius 2 is 1.81 bits per heavy atom. The first-order valence-corrected chi connectivity index (χ1v) is 11.2. The highest BCUT2D eigenvalue weighted by atomic mass is 16.5. The first kappa shape index (κ1) is 20.6. The Kier molecular flexibility index (Phi) is 5.16. The van der Waals surface area contributed by atoms with Gasteiger partial charge < -0.3 is 19.1 Å². The molecule has 2 aliphatic rings. The van der Waals surface area contributed by atoms with E-state index in [1.54, 1.807) is 7.11 Å². The van der Waals surface area contributed by atoms with Gasteiger partial charge in [0.2, 0.25) is 5.91 Å². The predicted molar refractivity (Wildman–Crippen MR) is 124 cm³/mol. The van der Waals surface area contributed by atoms with Crippen molar-refractivity contribution in [3.05, 3.63) is 65.4 Å². The summed E-state index contributed by atoms with van der Waals surface area (Å²) >= 11 is 0. The molecule has 1 saturated carbocycles. The van der Waals surface area contributed by atoms with E-state index in [1.165, 1.54) is 16.8 Å². The standard InChI is InChI=1S/C26H29N3O3/c1-18-7-8-19(2)22(15-18)28-11-13-29(14-12-28)25(30)26(9-10-26)24-17-23(32-27-24)20-5-4-6-21(16-20)31-3/h4-8,15-17H,9-14H2,1-3H3. The van der Waals surface area contributed by atoms with Crippen molar-refractivity contribution < 1.29 is 14.1 Å². The number of rotatable bonds is 5. The van der Waals surface area contributed by atoms with Gasteiger partial charge in [-0.15, -0.1) is 0 Å². The van der Waals surface area contributed by atoms with E-state index in [4.69, 9.17) is 9.26 Å². The summed E-state index contributed by atoms with van der Waals surface area (Å²) < 4.78 is 10.9. The van der Waals surface area contributed by atoms with E-state index in [0.717, 1.165) is 56.0 Å². The number of carbonyl (C=O) groups is 1. The first-order valence-electron chi connectivity index (χ1n) is 11.2. The molecule has 0 atom stereocenters. The average Bonchev–Trinajstić information content (AvgIpc) is 3.49. The Balaban J connectivity index is 1.29. The van der Waals surface area contributed by atoms with Crippen molar-refractivity contribution in [2.24, 2.45) is 0 Å². The summed E-state index contributed by atoms with van der Waals surface area (Å²) in [5, 5.41) is 4.31. The lowest BCUT2D eigenvalue weighted by Gasteiger charge is -2.38. The number of aryl methyl sites for hydroxylation is 2. The highest BCUT2D eigenvalue weighted by molar-refractivity contribution is 5.91. The van der Waals surface area contributed by atoms with Crippen molar-refractivity contribution in [3.8, 4) is 17.1 Å². The maximum absolute atomic E-state index is 13.5. The van der Waals surface area contributed by atoms with Crippen LogP contribution >= 0.6 is 0 Å². The number of aromatic nitrogens is 1. The molecular weight excluding hydrogens is 402 g/mol. The van der Waals surface area contributed by atoms with Crippen LogP contribution in [-0.2, 0) is 10.2 Å². The quantitative estimate of drug-likeness (QED) is 0.601. The largest absolute Gasteiger partial charge is 0.497 e. The normalized spacial score (nSPS) is 17.3. The minimum absolute atomic E-state index is 0.184. The number of piperazine rings is 1. The number of hydrogen-bond donors (Lipinski definition) is 0. The molecule has 1 aliphatic heterocycles. The molecule has 0 bridgehead atoms. The summed E-state index contributed by atoms with van der Waals surface area (Å²) in [6.45, 7) is 7.43. The third-order valence-corrected chi connectivity index (χ3v) is 6.79. The SMILES string of the molecule is COc1cccc(-c2cc(C3(C(=O)N4CCN(c5cc(C)ccc5C)CC4)CC3)no2)c1. The molecular formula is C26H29N3O3. The van der Waals surface area contributed by atoms with Crippen LogP contribution in [0.2, 0.25) is 0 Å². The number of benzene rings is 2. The zero-order valence-corrected chi connectivity index (χ0v) is 18.9. The van der Waals surface area contributed by atoms with Crippen LogP contribution in [0, 0.1) is 13.8 Å². The van der Waals surface area contributed by atoms with Crippen molar-refractivity contribution in [3.63, 3.8) is 0 Å². The van der Waals surface area contributed by atoms with Gasteiger partial charge in [-0.2, -0.15) is 0 Å². The Labute approximate surface area is 188 Å². The molecule has 166 valence electrons. The monoisotopic (exact) mass is 431 g/mol. The molecule has 32 heavy (non-hydrogen) atoms. The third-order valence-electron chi connectivity index (χ3n) is 6.79. The van der Waals surface area contributed by atoms with Crippen LogP contribution in [0.15, 0.2) is 53.1 Å². The van der Waals surface area contributed by atoms with Crippen molar-refractivity contribution >= 4 is 11.6 Å². The van der Waals surface area contributed by atoms with Gasteiger partial charge in [-0.1, -0.05) is 29.4 Å². The molecule has 3 aromatic rings. The fourth-order valence-corrected chi connectivity index (χ4v) is 4.63. The number of methoxy groups -OCH3 is 1. The van der Waals surface area contributed by atoms with Gasteiger partial charge in [0, 0.05) is 43.5 Å². The Bertz CT molecular complexity index is 1140. The summed E-state index contributed by atoms with van der Waals surface area (Å²) in [6.07, 6.45) is 1.65. The molecule has 6 heteroatoms. The Hall–Kier alpha value is -3.28. The molecule has 2 aromatic carbocycles. The van der Waals surface area contributed by atoms with Gasteiger partial charge in [0.15, 0.2) is 5.76 Å². The van der Waals surface area contributed by atoms with Crippen molar-refractivity contribution in [2.45, 2.75) is 32.1 Å². The molecule has 6 nitrogen and oxygen atoms in total. The molecule has 1 saturated heterocycles. The molecule has 1 aliphatic carbocycles. The molecule has 2 heterocycles. The van der Waals surface area contributed by atoms with Crippen molar-refractivity contribution in [1.29, 1.82) is 0 Å². The molecule has 0 unspecified atom stereocenters. The molecule has 0 N–H and O–H groups in total. The number of amides is 1. The Morgan fingerprint density at radius 3 is 2.53 bits per heavy atom. The van der Waals surface area contributed by atoms with Crippen LogP contribution < -0.4 is 9.64 Å². The molecule has 0 radical (unpaired) electrons. The van der Waals surface area contributed by atoms with Crippen molar-refractivity contribution in [2.75, 3.05) is 38.2 Å². The zero-order chi connectivity index (χ0) is 22.3. The highest BCUT2D eigenvalue weighted by Gasteiger charge is 2.55. The fourth-order valence-electron chi connectivity index (χ4n) is 4.63. The number of carbonyl (C=O) groups excluding carboxylic acids is 1. The van der Waals surface area contributed by atoms with Crippen LogP contribution in [0.25, 0.3) is 11.3 Å². The van der Waals surface area contributed by atoms with Crippen LogP contribution in [-0.4, -0.2) is 49.3 Å². The van der Waals surface area contributed by atoms with E-state index in [1.807, 2.05) is 35.2 Å². The lowest BCUT2D eigenvalue weighted by molar-refractivity contribution is -0.134. The van der Waals surface area contributed by atoms with Gasteiger partial charge in [-0.25, -0.2) is 0 Å². The number of anilines is 1. The van der Waals surface area contributed by atoms with Crippen LogP contribution in [0.5, 0.6) is 5.75 Å². The molecule has 1 amide bonds. The van der Waals surface area contributed by atoms with Gasteiger partial charge in [-0.3, -0.25) is 4.79 Å². The highest BCUT2D eigenvalue weighted by Crippen LogP contribution is 2.50. The number of hydrogen-bond acceptors (Lipinski definition) is 5. The topological polar surface area (TPSA) is 58.8 Å². The molecule has 2 fully saturated rings. The summed E-state index contributed by atoms with van der Waals surface area (Å²) in [6, 6.07) is 16.2. The van der Waals surface area contributed by atoms with E-state index in [9.17, 15) is 4.79 Å². The maximum atomic E-state index is 13.5. The third kappa shape index (κ3) is 3.64. The minimum atomic E-state index is -0.526. The average molecular weight is 432 g/mol. The van der Waals surface area contributed by atoms with Crippen LogP contribution in [0.4, 0.5) is 5.69 Å². The maximum Gasteiger partial charge on any atom is 0.235 e. The second-order valence-corrected chi connectivity index (χ2v) is 8.96. The number of ether oxygens (including phenoxy) is 1. The predicted octanol–water partition coefficient (Wildman–Crippen LogP) is 4.35. The summed E-state index contributed by atoms with van der Waals surface area (Å²) in [5.74, 6) is 1.61. The van der Waals surface area contributed by atoms with Gasteiger partial charge in [0.05, 0.1) is 18.2 Å². The van der Waals surface area contributed by atoms with Gasteiger partial charge in [-0.05, 0) is 56.0 Å². The van der Waals surface area contributed by atoms with Gasteiger partial charge in [0.25, 0.3) is 0 Å². The molecule has 0 spiro atoms. The molecule has 1 aromatic heterocycles. The zero-order valence-electron chi connectivity index (χ0n) is 18.9. The van der Waals surface area contributed by atoms with E-state index in [2.05, 4.69) is 42.1 Å². The van der Waals surface area contributed by atoms with E-state index in [-0.39, 0.29) is 5.91 Å². The lowest BCUT2D eigenvalue weighted by Crippen LogP contribution is -2.51. The van der Waals surface area contributed by atoms with Crippen LogP contribution in [0.3, 0.4) is 0 Å². The second-order valence-electron chi connectivity index (χ2n) is 8.96. The minimum Gasteiger partial charge on any atom is -0.497 e.